The van der Waals surface area contributed by atoms with Crippen LogP contribution in [0.3, 0.4) is 0 Å². The minimum Gasteiger partial charge on any atom is -0.0887 e. The average Bonchev–Trinajstić information content (AvgIpc) is 2.05. The monoisotopic (exact) mass is 160 g/mol. The lowest BCUT2D eigenvalue weighted by Gasteiger charge is -2.01. The molecule has 1 rings (SSSR count). The van der Waals surface area contributed by atoms with Crippen LogP contribution in [0.4, 0.5) is 0 Å². The maximum Gasteiger partial charge on any atom is 0.139 e. The van der Waals surface area contributed by atoms with Crippen molar-refractivity contribution in [1.29, 1.82) is 0 Å². The summed E-state index contributed by atoms with van der Waals surface area (Å²) in [4.78, 5) is 0. The van der Waals surface area contributed by atoms with E-state index in [1.54, 1.807) is 0 Å². The minimum absolute atomic E-state index is 1.25. The fourth-order valence-corrected chi connectivity index (χ4v) is 1.45. The first kappa shape index (κ1) is 9.37. The van der Waals surface area contributed by atoms with E-state index in [4.69, 9.17) is 0 Å². The van der Waals surface area contributed by atoms with E-state index in [0.717, 1.165) is 0 Å². The van der Waals surface area contributed by atoms with E-state index in [0.29, 0.717) is 0 Å². The van der Waals surface area contributed by atoms with Gasteiger partial charge in [0.25, 0.3) is 0 Å². The van der Waals surface area contributed by atoms with Crippen LogP contribution in [0.1, 0.15) is 31.7 Å². The van der Waals surface area contributed by atoms with Gasteiger partial charge in [-0.05, 0) is 18.4 Å². The third kappa shape index (κ3) is 3.12. The number of unbranched alkanes of at least 4 members (excludes halogenated alkanes) is 2. The molecule has 0 heterocycles. The molecule has 0 spiro atoms. The van der Waals surface area contributed by atoms with Gasteiger partial charge in [-0.2, -0.15) is 0 Å². The summed E-state index contributed by atoms with van der Waals surface area (Å²) in [6.07, 6.45) is 5.25. The third-order valence-electron chi connectivity index (χ3n) is 2.15. The number of rotatable bonds is 4. The van der Waals surface area contributed by atoms with Crippen LogP contribution in [-0.4, -0.2) is 7.85 Å². The van der Waals surface area contributed by atoms with Crippen LogP contribution in [0.15, 0.2) is 24.3 Å². The zero-order valence-corrected chi connectivity index (χ0v) is 8.14. The first-order valence-electron chi connectivity index (χ1n) is 4.88. The van der Waals surface area contributed by atoms with Gasteiger partial charge >= 0.3 is 0 Å². The molecule has 1 aromatic rings. The maximum absolute atomic E-state index is 2.29. The van der Waals surface area contributed by atoms with Crippen molar-refractivity contribution in [3.8, 4) is 0 Å². The highest BCUT2D eigenvalue weighted by Gasteiger charge is 1.92. The Kier molecular flexibility index (Phi) is 3.92. The summed E-state index contributed by atoms with van der Waals surface area (Å²) in [5.74, 6) is 0. The molecule has 0 radical (unpaired) electrons. The number of hydrogen-bond acceptors (Lipinski definition) is 0. The number of hydrogen-bond donors (Lipinski definition) is 0. The Bertz CT molecular complexity index is 230. The molecule has 0 aliphatic rings. The van der Waals surface area contributed by atoms with Gasteiger partial charge in [0.15, 0.2) is 0 Å². The standard InChI is InChI=1S/C11H17B/c1-2-3-4-6-10-7-5-8-11(12)9-10/h5,7-9H,2-4,6,12H2,1H3. The molecule has 0 aliphatic heterocycles. The van der Waals surface area contributed by atoms with Crippen molar-refractivity contribution in [2.75, 3.05) is 0 Å². The second-order valence-electron chi connectivity index (χ2n) is 3.45. The second kappa shape index (κ2) is 5.02. The van der Waals surface area contributed by atoms with E-state index in [2.05, 4.69) is 39.0 Å². The number of benzene rings is 1. The predicted molar refractivity (Wildman–Crippen MR) is 57.8 cm³/mol. The summed E-state index contributed by atoms with van der Waals surface area (Å²) in [6, 6.07) is 8.82. The van der Waals surface area contributed by atoms with Crippen molar-refractivity contribution in [3.63, 3.8) is 0 Å². The Labute approximate surface area is 76.4 Å². The highest BCUT2D eigenvalue weighted by atomic mass is 14.0. The molecule has 0 aliphatic carbocycles. The first-order chi connectivity index (χ1) is 5.83. The smallest absolute Gasteiger partial charge is 0.0887 e. The molecule has 0 aromatic heterocycles. The average molecular weight is 160 g/mol. The minimum atomic E-state index is 1.25. The van der Waals surface area contributed by atoms with Crippen molar-refractivity contribution in [2.24, 2.45) is 0 Å². The molecule has 0 saturated heterocycles. The largest absolute Gasteiger partial charge is 0.139 e. The first-order valence-corrected chi connectivity index (χ1v) is 4.88. The van der Waals surface area contributed by atoms with E-state index in [-0.39, 0.29) is 0 Å². The summed E-state index contributed by atoms with van der Waals surface area (Å²) in [7, 11) is 2.16. The Hall–Kier alpha value is -0.715. The predicted octanol–water partition coefficient (Wildman–Crippen LogP) is 1.68. The lowest BCUT2D eigenvalue weighted by molar-refractivity contribution is 0.718. The molecule has 0 atom stereocenters. The van der Waals surface area contributed by atoms with Crippen LogP contribution in [0.25, 0.3) is 0 Å². The molecule has 0 amide bonds. The van der Waals surface area contributed by atoms with Gasteiger partial charge in [0.2, 0.25) is 0 Å². The van der Waals surface area contributed by atoms with Gasteiger partial charge in [0.05, 0.1) is 0 Å². The second-order valence-corrected chi connectivity index (χ2v) is 3.45. The molecule has 12 heavy (non-hydrogen) atoms. The topological polar surface area (TPSA) is 0 Å². The van der Waals surface area contributed by atoms with Gasteiger partial charge in [-0.1, -0.05) is 49.5 Å². The van der Waals surface area contributed by atoms with Crippen molar-refractivity contribution < 1.29 is 0 Å². The van der Waals surface area contributed by atoms with E-state index < -0.39 is 0 Å². The SMILES string of the molecule is Bc1cccc(CCCCC)c1. The van der Waals surface area contributed by atoms with E-state index >= 15 is 0 Å². The van der Waals surface area contributed by atoms with Crippen molar-refractivity contribution in [2.45, 2.75) is 32.6 Å². The Balaban J connectivity index is 2.41. The summed E-state index contributed by atoms with van der Waals surface area (Å²) in [5.41, 5.74) is 2.87. The quantitative estimate of drug-likeness (QED) is 0.464. The Morgan fingerprint density at radius 2 is 2.08 bits per heavy atom. The van der Waals surface area contributed by atoms with Gasteiger partial charge < -0.3 is 0 Å². The summed E-state index contributed by atoms with van der Waals surface area (Å²) < 4.78 is 0. The van der Waals surface area contributed by atoms with Crippen LogP contribution in [0.2, 0.25) is 0 Å². The van der Waals surface area contributed by atoms with Gasteiger partial charge in [0, 0.05) is 0 Å². The molecule has 0 unspecified atom stereocenters. The fraction of sp³-hybridized carbons (Fsp3) is 0.455. The summed E-state index contributed by atoms with van der Waals surface area (Å²) in [6.45, 7) is 2.25. The number of aryl methyl sites for hydroxylation is 1. The molecule has 1 aromatic carbocycles. The van der Waals surface area contributed by atoms with Gasteiger partial charge in [-0.3, -0.25) is 0 Å². The summed E-state index contributed by atoms with van der Waals surface area (Å²) in [5, 5.41) is 0. The van der Waals surface area contributed by atoms with Crippen molar-refractivity contribution in [1.82, 2.24) is 0 Å². The molecular weight excluding hydrogens is 143 g/mol. The highest BCUT2D eigenvalue weighted by molar-refractivity contribution is 6.32. The third-order valence-corrected chi connectivity index (χ3v) is 2.15. The zero-order chi connectivity index (χ0) is 8.81. The molecular formula is C11H17B. The van der Waals surface area contributed by atoms with E-state index in [9.17, 15) is 0 Å². The maximum atomic E-state index is 2.29. The van der Waals surface area contributed by atoms with Crippen LogP contribution in [-0.2, 0) is 6.42 Å². The van der Waals surface area contributed by atoms with Crippen LogP contribution >= 0.6 is 0 Å². The van der Waals surface area contributed by atoms with Crippen LogP contribution in [0.5, 0.6) is 0 Å². The van der Waals surface area contributed by atoms with E-state index in [1.165, 1.54) is 36.7 Å². The zero-order valence-electron chi connectivity index (χ0n) is 8.14. The summed E-state index contributed by atoms with van der Waals surface area (Å²) >= 11 is 0. The molecule has 0 saturated carbocycles. The Morgan fingerprint density at radius 3 is 2.75 bits per heavy atom. The molecule has 0 nitrogen and oxygen atoms in total. The van der Waals surface area contributed by atoms with Gasteiger partial charge in [-0.25, -0.2) is 0 Å². The van der Waals surface area contributed by atoms with E-state index in [1.807, 2.05) is 0 Å². The molecule has 1 heteroatoms. The van der Waals surface area contributed by atoms with Crippen LogP contribution < -0.4 is 5.46 Å². The Morgan fingerprint density at radius 1 is 1.25 bits per heavy atom. The lowest BCUT2D eigenvalue weighted by atomic mass is 9.93. The normalized spacial score (nSPS) is 10.1. The highest BCUT2D eigenvalue weighted by Crippen LogP contribution is 2.04. The lowest BCUT2D eigenvalue weighted by Crippen LogP contribution is -2.02. The fourth-order valence-electron chi connectivity index (χ4n) is 1.45. The van der Waals surface area contributed by atoms with Gasteiger partial charge in [-0.15, -0.1) is 0 Å². The van der Waals surface area contributed by atoms with Crippen LogP contribution in [0, 0.1) is 0 Å². The molecule has 0 N–H and O–H groups in total. The van der Waals surface area contributed by atoms with Crippen molar-refractivity contribution in [3.05, 3.63) is 29.8 Å². The molecule has 0 fully saturated rings. The van der Waals surface area contributed by atoms with Crippen molar-refractivity contribution >= 4 is 13.3 Å². The molecule has 64 valence electrons. The molecule has 0 bridgehead atoms. The van der Waals surface area contributed by atoms with Gasteiger partial charge in [0.1, 0.15) is 7.85 Å².